The highest BCUT2D eigenvalue weighted by molar-refractivity contribution is 5.90. The van der Waals surface area contributed by atoms with Gasteiger partial charge in [0.1, 0.15) is 5.82 Å². The lowest BCUT2D eigenvalue weighted by atomic mass is 10.0. The minimum absolute atomic E-state index is 0.173. The van der Waals surface area contributed by atoms with Crippen molar-refractivity contribution in [1.29, 1.82) is 0 Å². The fraction of sp³-hybridized carbons (Fsp3) is 0.750. The summed E-state index contributed by atoms with van der Waals surface area (Å²) in [6.45, 7) is 5.14. The van der Waals surface area contributed by atoms with Crippen molar-refractivity contribution in [3.05, 3.63) is 11.6 Å². The zero-order valence-electron chi connectivity index (χ0n) is 11.0. The molecule has 3 N–H and O–H groups in total. The minimum atomic E-state index is -0.173. The van der Waals surface area contributed by atoms with Gasteiger partial charge in [-0.25, -0.2) is 4.98 Å². The minimum Gasteiger partial charge on any atom is -0.346 e. The normalized spacial score (nSPS) is 23.9. The number of hydrogen-bond acceptors (Lipinski definition) is 4. The molecule has 0 aromatic carbocycles. The van der Waals surface area contributed by atoms with E-state index in [0.29, 0.717) is 6.04 Å². The van der Waals surface area contributed by atoms with Gasteiger partial charge in [-0.2, -0.15) is 0 Å². The standard InChI is InChI=1S/C12H21N5O/c1-3-4-10-15-11(17-16-10)12(18)14-9-5-6-13-8(2)7-9/h8-9,13H,3-7H2,1-2H3,(H,14,18)(H,15,16,17). The number of rotatable bonds is 4. The molecule has 0 radical (unpaired) electrons. The number of carbonyl (C=O) groups is 1. The maximum absolute atomic E-state index is 12.0. The van der Waals surface area contributed by atoms with E-state index in [0.717, 1.165) is 38.1 Å². The number of hydrogen-bond donors (Lipinski definition) is 3. The van der Waals surface area contributed by atoms with Gasteiger partial charge in [-0.3, -0.25) is 9.89 Å². The molecular weight excluding hydrogens is 230 g/mol. The van der Waals surface area contributed by atoms with Gasteiger partial charge < -0.3 is 10.6 Å². The van der Waals surface area contributed by atoms with Crippen LogP contribution in [0.15, 0.2) is 0 Å². The summed E-state index contributed by atoms with van der Waals surface area (Å²) in [7, 11) is 0. The van der Waals surface area contributed by atoms with Crippen LogP contribution in [-0.2, 0) is 6.42 Å². The molecule has 0 spiro atoms. The van der Waals surface area contributed by atoms with Gasteiger partial charge in [0.05, 0.1) is 0 Å². The average Bonchev–Trinajstić information content (AvgIpc) is 2.78. The topological polar surface area (TPSA) is 82.7 Å². The van der Waals surface area contributed by atoms with Crippen LogP contribution in [0.3, 0.4) is 0 Å². The van der Waals surface area contributed by atoms with Crippen molar-refractivity contribution >= 4 is 5.91 Å². The van der Waals surface area contributed by atoms with E-state index in [-0.39, 0.29) is 17.8 Å². The van der Waals surface area contributed by atoms with Crippen molar-refractivity contribution < 1.29 is 4.79 Å². The SMILES string of the molecule is CCCc1nc(C(=O)NC2CCNC(C)C2)n[nH]1. The molecular formula is C12H21N5O. The van der Waals surface area contributed by atoms with E-state index in [1.54, 1.807) is 0 Å². The quantitative estimate of drug-likeness (QED) is 0.733. The highest BCUT2D eigenvalue weighted by Gasteiger charge is 2.22. The summed E-state index contributed by atoms with van der Waals surface area (Å²) in [5, 5.41) is 13.1. The summed E-state index contributed by atoms with van der Waals surface area (Å²) < 4.78 is 0. The second kappa shape index (κ2) is 5.95. The molecule has 1 fully saturated rings. The number of amides is 1. The van der Waals surface area contributed by atoms with Gasteiger partial charge in [0.2, 0.25) is 5.82 Å². The Balaban J connectivity index is 1.90. The molecule has 2 heterocycles. The maximum atomic E-state index is 12.0. The van der Waals surface area contributed by atoms with Crippen LogP contribution in [0.25, 0.3) is 0 Å². The maximum Gasteiger partial charge on any atom is 0.291 e. The first-order chi connectivity index (χ1) is 8.69. The Morgan fingerprint density at radius 2 is 2.39 bits per heavy atom. The van der Waals surface area contributed by atoms with Crippen molar-refractivity contribution in [2.24, 2.45) is 0 Å². The highest BCUT2D eigenvalue weighted by atomic mass is 16.2. The molecule has 1 aromatic heterocycles. The Hall–Kier alpha value is -1.43. The van der Waals surface area contributed by atoms with E-state index in [1.165, 1.54) is 0 Å². The zero-order valence-corrected chi connectivity index (χ0v) is 11.0. The third-order valence-electron chi connectivity index (χ3n) is 3.18. The number of nitrogens with one attached hydrogen (secondary N) is 3. The van der Waals surface area contributed by atoms with Crippen molar-refractivity contribution in [2.75, 3.05) is 6.54 Å². The number of piperidine rings is 1. The third kappa shape index (κ3) is 3.29. The molecule has 1 aliphatic rings. The molecule has 2 unspecified atom stereocenters. The van der Waals surface area contributed by atoms with E-state index in [4.69, 9.17) is 0 Å². The average molecular weight is 251 g/mol. The van der Waals surface area contributed by atoms with Crippen LogP contribution in [0.2, 0.25) is 0 Å². The van der Waals surface area contributed by atoms with E-state index >= 15 is 0 Å². The lowest BCUT2D eigenvalue weighted by molar-refractivity contribution is 0.0915. The Labute approximate surface area is 107 Å². The van der Waals surface area contributed by atoms with Crippen molar-refractivity contribution in [2.45, 2.75) is 51.6 Å². The highest BCUT2D eigenvalue weighted by Crippen LogP contribution is 2.08. The molecule has 0 aliphatic carbocycles. The Kier molecular flexibility index (Phi) is 4.30. The van der Waals surface area contributed by atoms with Crippen LogP contribution >= 0.6 is 0 Å². The molecule has 0 saturated carbocycles. The molecule has 1 aliphatic heterocycles. The Morgan fingerprint density at radius 3 is 3.11 bits per heavy atom. The number of aromatic amines is 1. The molecule has 1 amide bonds. The summed E-state index contributed by atoms with van der Waals surface area (Å²) >= 11 is 0. The van der Waals surface area contributed by atoms with Gasteiger partial charge in [0.15, 0.2) is 0 Å². The van der Waals surface area contributed by atoms with Crippen LogP contribution in [0, 0.1) is 0 Å². The molecule has 1 aromatic rings. The monoisotopic (exact) mass is 251 g/mol. The lowest BCUT2D eigenvalue weighted by Gasteiger charge is -2.28. The number of H-pyrrole nitrogens is 1. The molecule has 2 atom stereocenters. The van der Waals surface area contributed by atoms with Crippen LogP contribution in [0.4, 0.5) is 0 Å². The molecule has 6 heteroatoms. The first-order valence-corrected chi connectivity index (χ1v) is 6.64. The summed E-state index contributed by atoms with van der Waals surface area (Å²) in [5.74, 6) is 0.860. The predicted octanol–water partition coefficient (Wildman–Crippen LogP) is 0.627. The first kappa shape index (κ1) is 13.0. The van der Waals surface area contributed by atoms with Gasteiger partial charge in [0, 0.05) is 18.5 Å². The van der Waals surface area contributed by atoms with Crippen molar-refractivity contribution in [3.63, 3.8) is 0 Å². The number of aromatic nitrogens is 3. The van der Waals surface area contributed by atoms with Gasteiger partial charge in [-0.05, 0) is 32.7 Å². The van der Waals surface area contributed by atoms with Crippen LogP contribution in [0.5, 0.6) is 0 Å². The first-order valence-electron chi connectivity index (χ1n) is 6.64. The van der Waals surface area contributed by atoms with Gasteiger partial charge in [-0.15, -0.1) is 5.10 Å². The molecule has 18 heavy (non-hydrogen) atoms. The van der Waals surface area contributed by atoms with E-state index in [9.17, 15) is 4.79 Å². The molecule has 2 rings (SSSR count). The van der Waals surface area contributed by atoms with Crippen LogP contribution in [0.1, 0.15) is 49.6 Å². The summed E-state index contributed by atoms with van der Waals surface area (Å²) in [6.07, 6.45) is 3.73. The van der Waals surface area contributed by atoms with E-state index in [1.807, 2.05) is 0 Å². The van der Waals surface area contributed by atoms with E-state index in [2.05, 4.69) is 39.7 Å². The fourth-order valence-corrected chi connectivity index (χ4v) is 2.26. The molecule has 1 saturated heterocycles. The van der Waals surface area contributed by atoms with E-state index < -0.39 is 0 Å². The van der Waals surface area contributed by atoms with Crippen molar-refractivity contribution in [3.8, 4) is 0 Å². The Bertz CT molecular complexity index is 403. The lowest BCUT2D eigenvalue weighted by Crippen LogP contribution is -2.46. The smallest absolute Gasteiger partial charge is 0.291 e. The Morgan fingerprint density at radius 1 is 1.56 bits per heavy atom. The number of nitrogens with zero attached hydrogens (tertiary/aromatic N) is 2. The van der Waals surface area contributed by atoms with Gasteiger partial charge in [0.25, 0.3) is 5.91 Å². The zero-order chi connectivity index (χ0) is 13.0. The third-order valence-corrected chi connectivity index (χ3v) is 3.18. The van der Waals surface area contributed by atoms with Crippen molar-refractivity contribution in [1.82, 2.24) is 25.8 Å². The van der Waals surface area contributed by atoms with Crippen LogP contribution < -0.4 is 10.6 Å². The summed E-state index contributed by atoms with van der Waals surface area (Å²) in [4.78, 5) is 16.2. The summed E-state index contributed by atoms with van der Waals surface area (Å²) in [5.41, 5.74) is 0. The van der Waals surface area contributed by atoms with Gasteiger partial charge >= 0.3 is 0 Å². The molecule has 6 nitrogen and oxygen atoms in total. The fourth-order valence-electron chi connectivity index (χ4n) is 2.26. The second-order valence-electron chi connectivity index (χ2n) is 4.91. The van der Waals surface area contributed by atoms with Crippen LogP contribution in [-0.4, -0.2) is 39.7 Å². The summed E-state index contributed by atoms with van der Waals surface area (Å²) in [6, 6.07) is 0.675. The predicted molar refractivity (Wildman–Crippen MR) is 68.3 cm³/mol. The number of carbonyl (C=O) groups excluding carboxylic acids is 1. The molecule has 100 valence electrons. The number of aryl methyl sites for hydroxylation is 1. The van der Waals surface area contributed by atoms with Gasteiger partial charge in [-0.1, -0.05) is 6.92 Å². The largest absolute Gasteiger partial charge is 0.346 e. The second-order valence-corrected chi connectivity index (χ2v) is 4.91. The molecule has 0 bridgehead atoms.